The van der Waals surface area contributed by atoms with E-state index in [0.29, 0.717) is 0 Å². The summed E-state index contributed by atoms with van der Waals surface area (Å²) in [7, 11) is -2.12. The average Bonchev–Trinajstić information content (AvgIpc) is 2.39. The van der Waals surface area contributed by atoms with Gasteiger partial charge in [-0.15, -0.1) is 0 Å². The molecule has 0 saturated carbocycles. The van der Waals surface area contributed by atoms with Crippen LogP contribution in [0.3, 0.4) is 0 Å². The Bertz CT molecular complexity index is 543. The van der Waals surface area contributed by atoms with Crippen LogP contribution in [0.15, 0.2) is 29.2 Å². The Morgan fingerprint density at radius 1 is 1.42 bits per heavy atom. The summed E-state index contributed by atoms with van der Waals surface area (Å²) < 4.78 is 25.6. The number of carbonyl (C=O) groups is 1. The van der Waals surface area contributed by atoms with Crippen molar-refractivity contribution in [2.24, 2.45) is 5.73 Å². The van der Waals surface area contributed by atoms with Gasteiger partial charge in [0.1, 0.15) is 0 Å². The van der Waals surface area contributed by atoms with Crippen molar-refractivity contribution in [3.63, 3.8) is 0 Å². The van der Waals surface area contributed by atoms with Crippen molar-refractivity contribution in [2.45, 2.75) is 24.3 Å². The molecule has 1 aromatic carbocycles. The number of nitrogens with one attached hydrogen (secondary N) is 2. The van der Waals surface area contributed by atoms with Crippen molar-refractivity contribution in [3.05, 3.63) is 29.8 Å². The second-order valence-electron chi connectivity index (χ2n) is 4.11. The second-order valence-corrected chi connectivity index (χ2v) is 5.99. The molecule has 6 nitrogen and oxygen atoms in total. The summed E-state index contributed by atoms with van der Waals surface area (Å²) >= 11 is 0. The van der Waals surface area contributed by atoms with E-state index in [2.05, 4.69) is 10.0 Å². The Morgan fingerprint density at radius 2 is 2.11 bits per heavy atom. The van der Waals surface area contributed by atoms with Crippen molar-refractivity contribution >= 4 is 15.9 Å². The van der Waals surface area contributed by atoms with Gasteiger partial charge in [0.15, 0.2) is 0 Å². The van der Waals surface area contributed by atoms with E-state index in [-0.39, 0.29) is 29.8 Å². The molecule has 0 bridgehead atoms. The molecular formula is C12H19N3O3S. The molecule has 19 heavy (non-hydrogen) atoms. The van der Waals surface area contributed by atoms with Gasteiger partial charge in [-0.05, 0) is 31.7 Å². The number of rotatable bonds is 6. The van der Waals surface area contributed by atoms with Crippen LogP contribution in [-0.4, -0.2) is 27.9 Å². The molecule has 0 heterocycles. The Kier molecular flexibility index (Phi) is 5.46. The Labute approximate surface area is 113 Å². The zero-order chi connectivity index (χ0) is 14.5. The maximum Gasteiger partial charge on any atom is 0.240 e. The number of nitrogens with two attached hydrogens (primary N) is 1. The summed E-state index contributed by atoms with van der Waals surface area (Å²) in [4.78, 5) is 11.6. The van der Waals surface area contributed by atoms with Crippen molar-refractivity contribution < 1.29 is 13.2 Å². The minimum absolute atomic E-state index is 0.156. The Balaban J connectivity index is 2.91. The van der Waals surface area contributed by atoms with E-state index in [1.165, 1.54) is 13.1 Å². The van der Waals surface area contributed by atoms with E-state index in [4.69, 9.17) is 5.73 Å². The lowest BCUT2D eigenvalue weighted by atomic mass is 10.1. The fourth-order valence-corrected chi connectivity index (χ4v) is 2.38. The fourth-order valence-electron chi connectivity index (χ4n) is 1.60. The third-order valence-corrected chi connectivity index (χ3v) is 4.10. The van der Waals surface area contributed by atoms with Crippen LogP contribution < -0.4 is 15.8 Å². The quantitative estimate of drug-likeness (QED) is 0.691. The monoisotopic (exact) mass is 285 g/mol. The first-order chi connectivity index (χ1) is 8.90. The second kappa shape index (κ2) is 6.65. The molecule has 4 N–H and O–H groups in total. The topological polar surface area (TPSA) is 101 Å². The molecule has 1 unspecified atom stereocenters. The van der Waals surface area contributed by atoms with Gasteiger partial charge in [0.25, 0.3) is 0 Å². The van der Waals surface area contributed by atoms with Gasteiger partial charge in [0.05, 0.1) is 10.9 Å². The van der Waals surface area contributed by atoms with Crippen LogP contribution >= 0.6 is 0 Å². The summed E-state index contributed by atoms with van der Waals surface area (Å²) in [5.74, 6) is -0.156. The molecule has 7 heteroatoms. The maximum atomic E-state index is 11.7. The first kappa shape index (κ1) is 15.6. The number of sulfonamides is 1. The summed E-state index contributed by atoms with van der Waals surface area (Å²) in [6.45, 7) is 2.08. The lowest BCUT2D eigenvalue weighted by molar-refractivity contribution is -0.121. The summed E-state index contributed by atoms with van der Waals surface area (Å²) in [6.07, 6.45) is 0.249. The summed E-state index contributed by atoms with van der Waals surface area (Å²) in [6, 6.07) is 6.18. The molecule has 0 aliphatic heterocycles. The van der Waals surface area contributed by atoms with Crippen LogP contribution in [0.1, 0.15) is 24.9 Å². The van der Waals surface area contributed by atoms with Crippen molar-refractivity contribution in [2.75, 3.05) is 13.6 Å². The average molecular weight is 285 g/mol. The molecule has 0 aromatic heterocycles. The number of amides is 1. The van der Waals surface area contributed by atoms with Gasteiger partial charge < -0.3 is 11.1 Å². The summed E-state index contributed by atoms with van der Waals surface area (Å²) in [5, 5.41) is 2.76. The molecule has 0 saturated heterocycles. The lowest BCUT2D eigenvalue weighted by Crippen LogP contribution is -2.28. The molecule has 0 aliphatic carbocycles. The highest BCUT2D eigenvalue weighted by Crippen LogP contribution is 2.17. The van der Waals surface area contributed by atoms with Gasteiger partial charge >= 0.3 is 0 Å². The Morgan fingerprint density at radius 3 is 2.68 bits per heavy atom. The smallest absolute Gasteiger partial charge is 0.240 e. The van der Waals surface area contributed by atoms with Crippen LogP contribution in [0.4, 0.5) is 0 Å². The zero-order valence-corrected chi connectivity index (χ0v) is 11.8. The van der Waals surface area contributed by atoms with Crippen LogP contribution in [-0.2, 0) is 14.8 Å². The highest BCUT2D eigenvalue weighted by Gasteiger charge is 2.14. The molecule has 1 atom stereocenters. The van der Waals surface area contributed by atoms with Crippen molar-refractivity contribution in [1.82, 2.24) is 10.0 Å². The first-order valence-corrected chi connectivity index (χ1v) is 7.42. The maximum absolute atomic E-state index is 11.7. The molecule has 106 valence electrons. The van der Waals surface area contributed by atoms with E-state index in [1.807, 2.05) is 0 Å². The zero-order valence-electron chi connectivity index (χ0n) is 11.0. The van der Waals surface area contributed by atoms with Gasteiger partial charge in [-0.1, -0.05) is 12.1 Å². The number of benzene rings is 1. The van der Waals surface area contributed by atoms with Crippen LogP contribution in [0.2, 0.25) is 0 Å². The lowest BCUT2D eigenvalue weighted by Gasteiger charge is -2.15. The molecule has 0 aliphatic rings. The molecule has 1 aromatic rings. The van der Waals surface area contributed by atoms with Gasteiger partial charge in [-0.2, -0.15) is 0 Å². The fraction of sp³-hybridized carbons (Fsp3) is 0.417. The molecule has 1 rings (SSSR count). The number of carbonyl (C=O) groups excluding carboxylic acids is 1. The highest BCUT2D eigenvalue weighted by molar-refractivity contribution is 7.89. The van der Waals surface area contributed by atoms with Gasteiger partial charge in [0, 0.05) is 13.0 Å². The largest absolute Gasteiger partial charge is 0.350 e. The van der Waals surface area contributed by atoms with Crippen molar-refractivity contribution in [3.8, 4) is 0 Å². The first-order valence-electron chi connectivity index (χ1n) is 5.93. The molecule has 0 radical (unpaired) electrons. The van der Waals surface area contributed by atoms with Gasteiger partial charge in [-0.25, -0.2) is 13.1 Å². The molecule has 1 amide bonds. The SMILES string of the molecule is CNS(=O)(=O)c1cccc(C(C)NC(=O)CCN)c1. The third kappa shape index (κ3) is 4.30. The van der Waals surface area contributed by atoms with E-state index in [9.17, 15) is 13.2 Å². The predicted molar refractivity (Wildman–Crippen MR) is 72.9 cm³/mol. The van der Waals surface area contributed by atoms with Crippen LogP contribution in [0.5, 0.6) is 0 Å². The van der Waals surface area contributed by atoms with E-state index in [0.717, 1.165) is 5.56 Å². The minimum atomic E-state index is -3.48. The van der Waals surface area contributed by atoms with Gasteiger partial charge in [-0.3, -0.25) is 4.79 Å². The predicted octanol–water partition coefficient (Wildman–Crippen LogP) is 0.121. The highest BCUT2D eigenvalue weighted by atomic mass is 32.2. The summed E-state index contributed by atoms with van der Waals surface area (Å²) in [5.41, 5.74) is 6.02. The molecular weight excluding hydrogens is 266 g/mol. The molecule has 0 fully saturated rings. The number of hydrogen-bond donors (Lipinski definition) is 3. The molecule has 0 spiro atoms. The third-order valence-electron chi connectivity index (χ3n) is 2.69. The van der Waals surface area contributed by atoms with Gasteiger partial charge in [0.2, 0.25) is 15.9 Å². The minimum Gasteiger partial charge on any atom is -0.350 e. The van der Waals surface area contributed by atoms with E-state index in [1.54, 1.807) is 25.1 Å². The van der Waals surface area contributed by atoms with E-state index >= 15 is 0 Å². The van der Waals surface area contributed by atoms with Crippen LogP contribution in [0.25, 0.3) is 0 Å². The van der Waals surface area contributed by atoms with Crippen molar-refractivity contribution in [1.29, 1.82) is 0 Å². The van der Waals surface area contributed by atoms with Crippen LogP contribution in [0, 0.1) is 0 Å². The Hall–Kier alpha value is -1.44. The standard InChI is InChI=1S/C12H19N3O3S/c1-9(15-12(16)6-7-13)10-4-3-5-11(8-10)19(17,18)14-2/h3-5,8-9,14H,6-7,13H2,1-2H3,(H,15,16). The normalized spacial score (nSPS) is 13.0. The van der Waals surface area contributed by atoms with E-state index < -0.39 is 10.0 Å². The number of hydrogen-bond acceptors (Lipinski definition) is 4.